The lowest BCUT2D eigenvalue weighted by Gasteiger charge is -2.26. The number of benzene rings is 4. The van der Waals surface area contributed by atoms with Crippen LogP contribution in [0.2, 0.25) is 5.02 Å². The number of fused-ring (bicyclic) bond motifs is 1. The average Bonchev–Trinajstić information content (AvgIpc) is 3.50. The first-order valence-corrected chi connectivity index (χ1v) is 16.8. The zero-order chi connectivity index (χ0) is 35.1. The number of halogens is 1. The summed E-state index contributed by atoms with van der Waals surface area (Å²) in [7, 11) is 0. The van der Waals surface area contributed by atoms with Crippen LogP contribution < -0.4 is 20.1 Å². The summed E-state index contributed by atoms with van der Waals surface area (Å²) in [5.41, 5.74) is 5.85. The summed E-state index contributed by atoms with van der Waals surface area (Å²) in [5, 5.41) is 6.38. The summed E-state index contributed by atoms with van der Waals surface area (Å²) < 4.78 is 11.9. The molecule has 0 atom stereocenters. The molecule has 2 heterocycles. The minimum absolute atomic E-state index is 0.0572. The topological polar surface area (TPSA) is 118 Å². The van der Waals surface area contributed by atoms with E-state index >= 15 is 0 Å². The molecule has 4 aromatic carbocycles. The SMILES string of the molecule is CC(=O)NC(C)(C)c1ccc(Oc2nc3nc(-c4ccc(-c5ccc(OCCCCNC(=O)c6ccccc6)cc5)cc4)c(Cl)cc3[nH]2)cc1. The Bertz CT molecular complexity index is 2080. The molecule has 9 nitrogen and oxygen atoms in total. The third kappa shape index (κ3) is 8.48. The first-order valence-electron chi connectivity index (χ1n) is 16.4. The molecule has 0 aliphatic carbocycles. The number of ether oxygens (including phenoxy) is 2. The number of aromatic amines is 1. The fraction of sp³-hybridized carbons (Fsp3) is 0.200. The molecule has 0 fully saturated rings. The molecule has 0 unspecified atom stereocenters. The molecule has 6 rings (SSSR count). The van der Waals surface area contributed by atoms with Gasteiger partial charge in [0, 0.05) is 24.6 Å². The summed E-state index contributed by atoms with van der Waals surface area (Å²) in [5.74, 6) is 1.24. The van der Waals surface area contributed by atoms with E-state index in [2.05, 4.69) is 20.6 Å². The number of imidazole rings is 1. The van der Waals surface area contributed by atoms with Gasteiger partial charge < -0.3 is 25.1 Å². The summed E-state index contributed by atoms with van der Waals surface area (Å²) in [6, 6.07) is 34.8. The lowest BCUT2D eigenvalue weighted by atomic mass is 9.94. The van der Waals surface area contributed by atoms with Crippen LogP contribution in [0.25, 0.3) is 33.5 Å². The molecular formula is C40H38ClN5O4. The Hall–Kier alpha value is -5.67. The number of nitrogens with zero attached hydrogens (tertiary/aromatic N) is 2. The summed E-state index contributed by atoms with van der Waals surface area (Å²) in [4.78, 5) is 36.1. The van der Waals surface area contributed by atoms with Crippen molar-refractivity contribution in [3.63, 3.8) is 0 Å². The van der Waals surface area contributed by atoms with Gasteiger partial charge in [0.1, 0.15) is 11.5 Å². The van der Waals surface area contributed by atoms with Gasteiger partial charge in [-0.25, -0.2) is 4.98 Å². The molecule has 2 aromatic heterocycles. The lowest BCUT2D eigenvalue weighted by molar-refractivity contribution is -0.120. The predicted octanol–water partition coefficient (Wildman–Crippen LogP) is 8.70. The van der Waals surface area contributed by atoms with Crippen LogP contribution in [0.3, 0.4) is 0 Å². The molecule has 0 bridgehead atoms. The Morgan fingerprint density at radius 3 is 2.12 bits per heavy atom. The highest BCUT2D eigenvalue weighted by atomic mass is 35.5. The molecule has 0 aliphatic rings. The number of carbonyl (C=O) groups excluding carboxylic acids is 2. The van der Waals surface area contributed by atoms with E-state index in [1.807, 2.05) is 105 Å². The first kappa shape index (κ1) is 34.2. The molecular weight excluding hydrogens is 650 g/mol. The number of H-pyrrole nitrogens is 1. The van der Waals surface area contributed by atoms with Gasteiger partial charge in [-0.1, -0.05) is 78.3 Å². The van der Waals surface area contributed by atoms with Gasteiger partial charge in [0.25, 0.3) is 5.91 Å². The quantitative estimate of drug-likeness (QED) is 0.105. The van der Waals surface area contributed by atoms with Crippen LogP contribution >= 0.6 is 11.6 Å². The highest BCUT2D eigenvalue weighted by Crippen LogP contribution is 2.32. The second kappa shape index (κ2) is 15.3. The molecule has 0 aliphatic heterocycles. The fourth-order valence-corrected chi connectivity index (χ4v) is 5.85. The Labute approximate surface area is 296 Å². The largest absolute Gasteiger partial charge is 0.494 e. The Kier molecular flexibility index (Phi) is 10.4. The second-order valence-corrected chi connectivity index (χ2v) is 12.9. The van der Waals surface area contributed by atoms with Crippen molar-refractivity contribution in [2.75, 3.05) is 13.2 Å². The zero-order valence-electron chi connectivity index (χ0n) is 28.1. The van der Waals surface area contributed by atoms with Gasteiger partial charge in [0.15, 0.2) is 5.65 Å². The maximum Gasteiger partial charge on any atom is 0.301 e. The van der Waals surface area contributed by atoms with Gasteiger partial charge in [-0.05, 0) is 85.8 Å². The number of hydrogen-bond donors (Lipinski definition) is 3. The third-order valence-corrected chi connectivity index (χ3v) is 8.48. The van der Waals surface area contributed by atoms with Crippen molar-refractivity contribution < 1.29 is 19.1 Å². The lowest BCUT2D eigenvalue weighted by Crippen LogP contribution is -2.39. The van der Waals surface area contributed by atoms with E-state index in [1.54, 1.807) is 18.2 Å². The maximum absolute atomic E-state index is 12.1. The number of carbonyl (C=O) groups is 2. The van der Waals surface area contributed by atoms with Gasteiger partial charge in [-0.3, -0.25) is 9.59 Å². The summed E-state index contributed by atoms with van der Waals surface area (Å²) in [6.07, 6.45) is 1.67. The zero-order valence-corrected chi connectivity index (χ0v) is 28.9. The third-order valence-electron chi connectivity index (χ3n) is 8.19. The smallest absolute Gasteiger partial charge is 0.301 e. The number of hydrogen-bond acceptors (Lipinski definition) is 6. The van der Waals surface area contributed by atoms with Gasteiger partial charge in [0.2, 0.25) is 5.91 Å². The standard InChI is InChI=1S/C40H38ClN5O4/c1-26(47)46-40(2,3)31-17-21-33(22-18-31)50-39-43-35-25-34(41)36(44-37(35)45-39)29-13-11-27(12-14-29)28-15-19-32(20-16-28)49-24-8-7-23-42-38(48)30-9-5-4-6-10-30/h4-6,9-22,25H,7-8,23-24H2,1-3H3,(H,42,48)(H,46,47)(H,43,44,45). The van der Waals surface area contributed by atoms with E-state index in [4.69, 9.17) is 26.1 Å². The fourth-order valence-electron chi connectivity index (χ4n) is 5.58. The van der Waals surface area contributed by atoms with E-state index < -0.39 is 5.54 Å². The summed E-state index contributed by atoms with van der Waals surface area (Å²) >= 11 is 6.67. The molecule has 50 heavy (non-hydrogen) atoms. The minimum Gasteiger partial charge on any atom is -0.494 e. The van der Waals surface area contributed by atoms with Crippen LogP contribution in [0.5, 0.6) is 17.5 Å². The van der Waals surface area contributed by atoms with E-state index in [9.17, 15) is 9.59 Å². The number of aromatic nitrogens is 3. The van der Waals surface area contributed by atoms with Crippen molar-refractivity contribution in [1.29, 1.82) is 0 Å². The van der Waals surface area contributed by atoms with Crippen molar-refractivity contribution >= 4 is 34.6 Å². The molecule has 0 radical (unpaired) electrons. The molecule has 0 spiro atoms. The van der Waals surface area contributed by atoms with Crippen LogP contribution in [0.4, 0.5) is 0 Å². The first-order chi connectivity index (χ1) is 24.1. The molecule has 254 valence electrons. The summed E-state index contributed by atoms with van der Waals surface area (Å²) in [6.45, 7) is 6.57. The minimum atomic E-state index is -0.508. The van der Waals surface area contributed by atoms with Crippen LogP contribution in [-0.4, -0.2) is 39.9 Å². The Balaban J connectivity index is 1.02. The van der Waals surface area contributed by atoms with Crippen LogP contribution in [0.1, 0.15) is 49.5 Å². The number of nitrogens with one attached hydrogen (secondary N) is 3. The molecule has 10 heteroatoms. The van der Waals surface area contributed by atoms with Crippen molar-refractivity contribution in [2.45, 2.75) is 39.2 Å². The Morgan fingerprint density at radius 1 is 0.800 bits per heavy atom. The molecule has 3 N–H and O–H groups in total. The van der Waals surface area contributed by atoms with Crippen LogP contribution in [-0.2, 0) is 10.3 Å². The van der Waals surface area contributed by atoms with E-state index in [0.717, 1.165) is 40.8 Å². The molecule has 2 amide bonds. The molecule has 0 saturated carbocycles. The van der Waals surface area contributed by atoms with Crippen molar-refractivity contribution in [1.82, 2.24) is 25.6 Å². The van der Waals surface area contributed by atoms with Gasteiger partial charge >= 0.3 is 6.01 Å². The highest BCUT2D eigenvalue weighted by molar-refractivity contribution is 6.33. The number of amides is 2. The van der Waals surface area contributed by atoms with Crippen molar-refractivity contribution in [2.24, 2.45) is 0 Å². The maximum atomic E-state index is 12.1. The normalized spacial score (nSPS) is 11.3. The van der Waals surface area contributed by atoms with E-state index in [0.29, 0.717) is 52.4 Å². The molecule has 6 aromatic rings. The molecule has 0 saturated heterocycles. The second-order valence-electron chi connectivity index (χ2n) is 12.4. The number of unbranched alkanes of at least 4 members (excludes halogenated alkanes) is 1. The van der Waals surface area contributed by atoms with Gasteiger partial charge in [0.05, 0.1) is 28.4 Å². The Morgan fingerprint density at radius 2 is 1.44 bits per heavy atom. The number of rotatable bonds is 13. The highest BCUT2D eigenvalue weighted by Gasteiger charge is 2.21. The van der Waals surface area contributed by atoms with Crippen LogP contribution in [0.15, 0.2) is 109 Å². The van der Waals surface area contributed by atoms with Gasteiger partial charge in [-0.2, -0.15) is 4.98 Å². The van der Waals surface area contributed by atoms with Crippen molar-refractivity contribution in [3.8, 4) is 39.9 Å². The van der Waals surface area contributed by atoms with Crippen LogP contribution in [0, 0.1) is 0 Å². The van der Waals surface area contributed by atoms with Gasteiger partial charge in [-0.15, -0.1) is 0 Å². The predicted molar refractivity (Wildman–Crippen MR) is 197 cm³/mol. The average molecular weight is 688 g/mol. The van der Waals surface area contributed by atoms with E-state index in [1.165, 1.54) is 6.92 Å². The van der Waals surface area contributed by atoms with Crippen molar-refractivity contribution in [3.05, 3.63) is 125 Å². The monoisotopic (exact) mass is 687 g/mol. The number of pyridine rings is 1. The van der Waals surface area contributed by atoms with E-state index in [-0.39, 0.29) is 11.8 Å².